The standard InChI is InChI=1S/C24H20N6O2S/c1-32-16-6-4-15(5-7-16)14-29-10-11-30-22(24(29)31)20(19-3-2-12-33-19)21(28-30)17-8-9-25-23-18(17)13-26-27-23/h2-9,12-13H,10-11,14H2,1H3,(H,25,26,27). The van der Waals surface area contributed by atoms with E-state index in [9.17, 15) is 4.79 Å². The molecule has 0 unspecified atom stereocenters. The van der Waals surface area contributed by atoms with Crippen LogP contribution in [-0.2, 0) is 13.1 Å². The minimum atomic E-state index is -0.0169. The highest BCUT2D eigenvalue weighted by atomic mass is 32.1. The summed E-state index contributed by atoms with van der Waals surface area (Å²) in [5, 5.41) is 14.9. The molecule has 0 aliphatic carbocycles. The van der Waals surface area contributed by atoms with Crippen LogP contribution in [0.15, 0.2) is 60.2 Å². The molecular weight excluding hydrogens is 436 g/mol. The average molecular weight is 457 g/mol. The molecule has 4 aromatic heterocycles. The number of hydrogen-bond acceptors (Lipinski definition) is 6. The highest BCUT2D eigenvalue weighted by Gasteiger charge is 2.33. The number of nitrogens with one attached hydrogen (secondary N) is 1. The molecular formula is C24H20N6O2S. The maximum atomic E-state index is 13.7. The number of carbonyl (C=O) groups is 1. The molecule has 0 radical (unpaired) electrons. The van der Waals surface area contributed by atoms with Crippen LogP contribution < -0.4 is 4.74 Å². The maximum Gasteiger partial charge on any atom is 0.273 e. The fraction of sp³-hybridized carbons (Fsp3) is 0.167. The van der Waals surface area contributed by atoms with Crippen molar-refractivity contribution >= 4 is 28.3 Å². The fourth-order valence-electron chi connectivity index (χ4n) is 4.31. The molecule has 1 aliphatic rings. The zero-order chi connectivity index (χ0) is 22.4. The lowest BCUT2D eigenvalue weighted by atomic mass is 10.0. The Bertz CT molecular complexity index is 1450. The number of H-pyrrole nitrogens is 1. The number of aromatic amines is 1. The van der Waals surface area contributed by atoms with Gasteiger partial charge < -0.3 is 9.64 Å². The lowest BCUT2D eigenvalue weighted by Gasteiger charge is -2.28. The van der Waals surface area contributed by atoms with Crippen LogP contribution >= 0.6 is 11.3 Å². The molecule has 0 saturated heterocycles. The molecule has 6 rings (SSSR count). The topological polar surface area (TPSA) is 88.9 Å². The molecule has 164 valence electrons. The van der Waals surface area contributed by atoms with Crippen LogP contribution in [0.3, 0.4) is 0 Å². The molecule has 33 heavy (non-hydrogen) atoms. The van der Waals surface area contributed by atoms with Crippen molar-refractivity contribution in [3.63, 3.8) is 0 Å². The second-order valence-electron chi connectivity index (χ2n) is 7.84. The number of ether oxygens (including phenoxy) is 1. The van der Waals surface area contributed by atoms with E-state index in [4.69, 9.17) is 9.84 Å². The largest absolute Gasteiger partial charge is 0.497 e. The van der Waals surface area contributed by atoms with E-state index in [1.165, 1.54) is 0 Å². The van der Waals surface area contributed by atoms with Gasteiger partial charge >= 0.3 is 0 Å². The number of hydrogen-bond donors (Lipinski definition) is 1. The first-order valence-electron chi connectivity index (χ1n) is 10.6. The number of nitrogens with zero attached hydrogens (tertiary/aromatic N) is 5. The van der Waals surface area contributed by atoms with Crippen molar-refractivity contribution < 1.29 is 9.53 Å². The Kier molecular flexibility index (Phi) is 4.69. The van der Waals surface area contributed by atoms with Gasteiger partial charge in [0.05, 0.1) is 25.4 Å². The number of carbonyl (C=O) groups excluding carboxylic acids is 1. The van der Waals surface area contributed by atoms with Gasteiger partial charge in [0.2, 0.25) is 0 Å². The molecule has 0 bridgehead atoms. The Balaban J connectivity index is 1.45. The highest BCUT2D eigenvalue weighted by molar-refractivity contribution is 7.13. The number of benzene rings is 1. The van der Waals surface area contributed by atoms with Crippen molar-refractivity contribution in [1.29, 1.82) is 0 Å². The van der Waals surface area contributed by atoms with E-state index in [1.807, 2.05) is 57.4 Å². The smallest absolute Gasteiger partial charge is 0.273 e. The van der Waals surface area contributed by atoms with Crippen LogP contribution in [0.25, 0.3) is 32.7 Å². The van der Waals surface area contributed by atoms with Crippen molar-refractivity contribution in [2.24, 2.45) is 0 Å². The molecule has 8 nitrogen and oxygen atoms in total. The van der Waals surface area contributed by atoms with E-state index in [0.29, 0.717) is 31.0 Å². The SMILES string of the molecule is COc1ccc(CN2CCn3nc(-c4ccnc5[nH]ncc45)c(-c4cccs4)c3C2=O)cc1. The van der Waals surface area contributed by atoms with Gasteiger partial charge in [-0.3, -0.25) is 14.6 Å². The second-order valence-corrected chi connectivity index (χ2v) is 8.79. The molecule has 5 aromatic rings. The van der Waals surface area contributed by atoms with E-state index in [1.54, 1.807) is 30.8 Å². The summed E-state index contributed by atoms with van der Waals surface area (Å²) in [5.74, 6) is 0.783. The summed E-state index contributed by atoms with van der Waals surface area (Å²) in [7, 11) is 1.65. The van der Waals surface area contributed by atoms with Crippen LogP contribution in [0.1, 0.15) is 16.1 Å². The first-order valence-corrected chi connectivity index (χ1v) is 11.5. The molecule has 9 heteroatoms. The summed E-state index contributed by atoms with van der Waals surface area (Å²) >= 11 is 1.60. The summed E-state index contributed by atoms with van der Waals surface area (Å²) in [6.45, 7) is 1.77. The molecule has 5 heterocycles. The lowest BCUT2D eigenvalue weighted by molar-refractivity contribution is 0.0684. The quantitative estimate of drug-likeness (QED) is 0.428. The molecule has 0 saturated carbocycles. The molecule has 1 amide bonds. The van der Waals surface area contributed by atoms with Gasteiger partial charge in [-0.2, -0.15) is 10.2 Å². The van der Waals surface area contributed by atoms with Gasteiger partial charge in [0.1, 0.15) is 17.1 Å². The van der Waals surface area contributed by atoms with Gasteiger partial charge in [-0.15, -0.1) is 11.3 Å². The first-order chi connectivity index (χ1) is 16.2. The van der Waals surface area contributed by atoms with Crippen LogP contribution in [0.4, 0.5) is 0 Å². The van der Waals surface area contributed by atoms with Crippen LogP contribution in [0.2, 0.25) is 0 Å². The number of rotatable bonds is 5. The van der Waals surface area contributed by atoms with Gasteiger partial charge in [-0.1, -0.05) is 18.2 Å². The monoisotopic (exact) mass is 456 g/mol. The van der Waals surface area contributed by atoms with E-state index >= 15 is 0 Å². The second kappa shape index (κ2) is 7.86. The predicted molar refractivity (Wildman–Crippen MR) is 126 cm³/mol. The lowest BCUT2D eigenvalue weighted by Crippen LogP contribution is -2.40. The van der Waals surface area contributed by atoms with Crippen molar-refractivity contribution in [3.8, 4) is 27.4 Å². The Morgan fingerprint density at radius 3 is 2.82 bits per heavy atom. The normalized spacial score (nSPS) is 13.5. The van der Waals surface area contributed by atoms with Crippen molar-refractivity contribution in [3.05, 3.63) is 71.5 Å². The number of methoxy groups -OCH3 is 1. The Labute approximate surface area is 193 Å². The predicted octanol–water partition coefficient (Wildman–Crippen LogP) is 4.21. The minimum Gasteiger partial charge on any atom is -0.497 e. The summed E-state index contributed by atoms with van der Waals surface area (Å²) in [5.41, 5.74) is 4.94. The summed E-state index contributed by atoms with van der Waals surface area (Å²) in [6.07, 6.45) is 3.50. The Morgan fingerprint density at radius 2 is 2.03 bits per heavy atom. The summed E-state index contributed by atoms with van der Waals surface area (Å²) in [6, 6.07) is 13.8. The molecule has 0 fully saturated rings. The Morgan fingerprint density at radius 1 is 1.15 bits per heavy atom. The first kappa shape index (κ1) is 19.7. The number of aromatic nitrogens is 5. The van der Waals surface area contributed by atoms with Gasteiger partial charge in [0, 0.05) is 35.1 Å². The molecule has 1 aliphatic heterocycles. The zero-order valence-electron chi connectivity index (χ0n) is 17.9. The van der Waals surface area contributed by atoms with Gasteiger partial charge in [0.25, 0.3) is 5.91 Å². The van der Waals surface area contributed by atoms with E-state index in [-0.39, 0.29) is 5.91 Å². The summed E-state index contributed by atoms with van der Waals surface area (Å²) in [4.78, 5) is 21.0. The third kappa shape index (κ3) is 3.28. The zero-order valence-corrected chi connectivity index (χ0v) is 18.7. The molecule has 0 spiro atoms. The third-order valence-electron chi connectivity index (χ3n) is 5.93. The third-order valence-corrected chi connectivity index (χ3v) is 6.82. The van der Waals surface area contributed by atoms with E-state index < -0.39 is 0 Å². The minimum absolute atomic E-state index is 0.0169. The van der Waals surface area contributed by atoms with Crippen molar-refractivity contribution in [2.45, 2.75) is 13.1 Å². The van der Waals surface area contributed by atoms with E-state index in [0.717, 1.165) is 38.4 Å². The van der Waals surface area contributed by atoms with Crippen LogP contribution in [0.5, 0.6) is 5.75 Å². The maximum absolute atomic E-state index is 13.7. The highest BCUT2D eigenvalue weighted by Crippen LogP contribution is 2.40. The average Bonchev–Trinajstić information content (AvgIpc) is 3.60. The van der Waals surface area contributed by atoms with Crippen LogP contribution in [0, 0.1) is 0 Å². The fourth-order valence-corrected chi connectivity index (χ4v) is 5.08. The van der Waals surface area contributed by atoms with Crippen molar-refractivity contribution in [2.75, 3.05) is 13.7 Å². The summed E-state index contributed by atoms with van der Waals surface area (Å²) < 4.78 is 7.10. The molecule has 1 aromatic carbocycles. The van der Waals surface area contributed by atoms with Gasteiger partial charge in [-0.05, 0) is 35.2 Å². The van der Waals surface area contributed by atoms with Gasteiger partial charge in [-0.25, -0.2) is 4.98 Å². The molecule has 0 atom stereocenters. The van der Waals surface area contributed by atoms with Crippen molar-refractivity contribution in [1.82, 2.24) is 29.9 Å². The Hall–Kier alpha value is -3.98. The van der Waals surface area contributed by atoms with Crippen LogP contribution in [-0.4, -0.2) is 49.4 Å². The van der Waals surface area contributed by atoms with Gasteiger partial charge in [0.15, 0.2) is 5.65 Å². The number of pyridine rings is 1. The number of fused-ring (bicyclic) bond motifs is 2. The molecule has 1 N–H and O–H groups in total. The van der Waals surface area contributed by atoms with E-state index in [2.05, 4.69) is 15.2 Å². The number of thiophene rings is 1. The number of amides is 1.